The van der Waals surface area contributed by atoms with E-state index in [0.717, 1.165) is 52.7 Å². The van der Waals surface area contributed by atoms with Crippen LogP contribution in [-0.4, -0.2) is 68.0 Å². The Kier molecular flexibility index (Phi) is 35.2. The van der Waals surface area contributed by atoms with Gasteiger partial charge in [-0.2, -0.15) is 0 Å². The standard InChI is InChI=1S/C11H24O3.C3H10OSi2.C2H10OSi2/c12-10-8-6-4-2-1-3-5-7-9-11(13)14;1-2-3-6-4-5;1-5(2)3-4/h11-14H,1-10H2;2H,1,3,6H2,5H3;5H,1-2,4H3. The third-order valence-electron chi connectivity index (χ3n) is 3.37. The number of hydrogen-bond acceptors (Lipinski definition) is 5. The lowest BCUT2D eigenvalue weighted by molar-refractivity contribution is -0.0466. The minimum absolute atomic E-state index is 0.135. The third kappa shape index (κ3) is 45.5. The van der Waals surface area contributed by atoms with Crippen LogP contribution in [0, 0.1) is 0 Å². The maximum Gasteiger partial charge on any atom is 0.156 e. The molecule has 0 aromatic carbocycles. The van der Waals surface area contributed by atoms with Gasteiger partial charge in [0.1, 0.15) is 30.7 Å². The summed E-state index contributed by atoms with van der Waals surface area (Å²) in [7, 11) is 1.13. The molecule has 3 N–H and O–H groups in total. The van der Waals surface area contributed by atoms with E-state index in [1.165, 1.54) is 25.7 Å². The summed E-state index contributed by atoms with van der Waals surface area (Å²) in [5.41, 5.74) is 0. The average Bonchev–Trinajstić information content (AvgIpc) is 2.59. The highest BCUT2D eigenvalue weighted by Crippen LogP contribution is 2.09. The van der Waals surface area contributed by atoms with Crippen LogP contribution in [0.4, 0.5) is 0 Å². The fourth-order valence-electron chi connectivity index (χ4n) is 1.70. The number of hydrogen-bond donors (Lipinski definition) is 3. The average molecular weight is 429 g/mol. The topological polar surface area (TPSA) is 79.2 Å². The molecule has 0 aromatic heterocycles. The van der Waals surface area contributed by atoms with Gasteiger partial charge < -0.3 is 23.5 Å². The molecular weight excluding hydrogens is 385 g/mol. The van der Waals surface area contributed by atoms with Crippen LogP contribution in [0.25, 0.3) is 0 Å². The summed E-state index contributed by atoms with van der Waals surface area (Å²) >= 11 is 0. The maximum absolute atomic E-state index is 8.58. The zero-order valence-electron chi connectivity index (χ0n) is 17.1. The molecular formula is C16H44O5Si4. The predicted molar refractivity (Wildman–Crippen MR) is 121 cm³/mol. The molecule has 0 amide bonds. The molecule has 0 radical (unpaired) electrons. The first-order valence-corrected chi connectivity index (χ1v) is 15.5. The molecule has 0 heterocycles. The van der Waals surface area contributed by atoms with Gasteiger partial charge in [-0.15, -0.1) is 6.58 Å². The van der Waals surface area contributed by atoms with Crippen molar-refractivity contribution < 1.29 is 23.5 Å². The lowest BCUT2D eigenvalue weighted by atomic mass is 10.1. The second-order valence-electron chi connectivity index (χ2n) is 6.18. The van der Waals surface area contributed by atoms with Gasteiger partial charge in [-0.3, -0.25) is 0 Å². The van der Waals surface area contributed by atoms with Gasteiger partial charge in [0.05, 0.1) is 0 Å². The second-order valence-corrected chi connectivity index (χ2v) is 13.5. The Balaban J connectivity index is -0.000000362. The van der Waals surface area contributed by atoms with Gasteiger partial charge >= 0.3 is 0 Å². The van der Waals surface area contributed by atoms with E-state index in [1.807, 2.05) is 6.08 Å². The molecule has 0 bridgehead atoms. The Hall–Kier alpha value is 0.408. The van der Waals surface area contributed by atoms with Crippen LogP contribution in [0.3, 0.4) is 0 Å². The van der Waals surface area contributed by atoms with Crippen LogP contribution in [0.5, 0.6) is 0 Å². The summed E-state index contributed by atoms with van der Waals surface area (Å²) < 4.78 is 10.0. The van der Waals surface area contributed by atoms with Gasteiger partial charge in [0.2, 0.25) is 0 Å². The highest BCUT2D eigenvalue weighted by atomic mass is 28.3. The highest BCUT2D eigenvalue weighted by molar-refractivity contribution is 6.52. The Labute approximate surface area is 166 Å². The largest absolute Gasteiger partial charge is 0.468 e. The van der Waals surface area contributed by atoms with Crippen LogP contribution in [0.15, 0.2) is 12.7 Å². The van der Waals surface area contributed by atoms with Crippen molar-refractivity contribution in [3.8, 4) is 0 Å². The van der Waals surface area contributed by atoms with Crippen LogP contribution >= 0.6 is 0 Å². The fraction of sp³-hybridized carbons (Fsp3) is 0.875. The molecule has 0 saturated heterocycles. The molecule has 0 saturated carbocycles. The molecule has 0 atom stereocenters. The number of allylic oxidation sites excluding steroid dienone is 1. The lowest BCUT2D eigenvalue weighted by Gasteiger charge is -2.03. The van der Waals surface area contributed by atoms with E-state index in [4.69, 9.17) is 23.5 Å². The van der Waals surface area contributed by atoms with Gasteiger partial charge in [0.25, 0.3) is 0 Å². The summed E-state index contributed by atoms with van der Waals surface area (Å²) in [6.07, 6.45) is 10.2. The Morgan fingerprint density at radius 1 is 1.00 bits per heavy atom. The second kappa shape index (κ2) is 29.2. The molecule has 0 spiro atoms. The zero-order chi connectivity index (χ0) is 19.8. The van der Waals surface area contributed by atoms with E-state index < -0.39 is 15.3 Å². The van der Waals surface area contributed by atoms with E-state index in [-0.39, 0.29) is 9.76 Å². The van der Waals surface area contributed by atoms with Crippen molar-refractivity contribution in [1.82, 2.24) is 0 Å². The summed E-state index contributed by atoms with van der Waals surface area (Å²) in [5, 5.41) is 25.7. The van der Waals surface area contributed by atoms with Crippen LogP contribution in [0.1, 0.15) is 57.8 Å². The molecule has 0 fully saturated rings. The molecule has 0 rings (SSSR count). The van der Waals surface area contributed by atoms with Gasteiger partial charge in [0, 0.05) is 6.61 Å². The predicted octanol–water partition coefficient (Wildman–Crippen LogP) is 0.0386. The zero-order valence-corrected chi connectivity index (χ0v) is 23.7. The Morgan fingerprint density at radius 2 is 1.44 bits per heavy atom. The number of unbranched alkanes of at least 4 members (excludes halogenated alkanes) is 7. The summed E-state index contributed by atoms with van der Waals surface area (Å²) in [4.78, 5) is 0. The summed E-state index contributed by atoms with van der Waals surface area (Å²) in [6, 6.07) is 1.13. The van der Waals surface area contributed by atoms with Gasteiger partial charge in [-0.1, -0.05) is 44.6 Å². The van der Waals surface area contributed by atoms with E-state index in [0.29, 0.717) is 13.0 Å². The first kappa shape index (κ1) is 30.1. The number of aliphatic hydroxyl groups excluding tert-OH is 2. The normalized spacial score (nSPS) is 10.8. The Morgan fingerprint density at radius 3 is 1.72 bits per heavy atom. The molecule has 5 nitrogen and oxygen atoms in total. The molecule has 0 aliphatic rings. The van der Waals surface area contributed by atoms with Crippen molar-refractivity contribution in [3.05, 3.63) is 12.7 Å². The summed E-state index contributed by atoms with van der Waals surface area (Å²) in [6.45, 7) is 8.23. The minimum atomic E-state index is -1.13. The van der Waals surface area contributed by atoms with Crippen LogP contribution in [0.2, 0.25) is 19.1 Å². The first-order valence-electron chi connectivity index (χ1n) is 9.55. The molecule has 0 aliphatic heterocycles. The van der Waals surface area contributed by atoms with Crippen molar-refractivity contribution in [2.45, 2.75) is 83.2 Å². The van der Waals surface area contributed by atoms with Gasteiger partial charge in [-0.05, 0) is 38.4 Å². The molecule has 0 unspecified atom stereocenters. The van der Waals surface area contributed by atoms with E-state index >= 15 is 0 Å². The molecule has 9 heteroatoms. The molecule has 154 valence electrons. The number of aliphatic hydroxyl groups is 3. The first-order chi connectivity index (χ1) is 12.0. The van der Waals surface area contributed by atoms with Gasteiger partial charge in [-0.25, -0.2) is 0 Å². The van der Waals surface area contributed by atoms with Gasteiger partial charge in [0.15, 0.2) is 15.3 Å². The SMILES string of the molecule is C=CC[SiH2]O[SiH3].C[SiH](C)O[SiH3].OCCCCCCCCCCC(O)O. The Bertz CT molecular complexity index is 235. The minimum Gasteiger partial charge on any atom is -0.468 e. The summed E-state index contributed by atoms with van der Waals surface area (Å²) in [5.74, 6) is 0. The smallest absolute Gasteiger partial charge is 0.156 e. The van der Waals surface area contributed by atoms with Crippen molar-refractivity contribution in [2.75, 3.05) is 6.61 Å². The van der Waals surface area contributed by atoms with Crippen molar-refractivity contribution in [3.63, 3.8) is 0 Å². The van der Waals surface area contributed by atoms with E-state index in [2.05, 4.69) is 19.7 Å². The van der Waals surface area contributed by atoms with Crippen LogP contribution in [-0.2, 0) is 8.23 Å². The quantitative estimate of drug-likeness (QED) is 0.158. The third-order valence-corrected chi connectivity index (χ3v) is 9.42. The monoisotopic (exact) mass is 428 g/mol. The van der Waals surface area contributed by atoms with Crippen molar-refractivity contribution >= 4 is 39.8 Å². The molecule has 0 aliphatic carbocycles. The van der Waals surface area contributed by atoms with E-state index in [9.17, 15) is 0 Å². The maximum atomic E-state index is 8.58. The lowest BCUT2D eigenvalue weighted by Crippen LogP contribution is -2.02. The van der Waals surface area contributed by atoms with E-state index in [1.54, 1.807) is 0 Å². The fourth-order valence-corrected chi connectivity index (χ4v) is 2.81. The van der Waals surface area contributed by atoms with Crippen molar-refractivity contribution in [2.24, 2.45) is 0 Å². The number of rotatable bonds is 14. The molecule has 25 heavy (non-hydrogen) atoms. The van der Waals surface area contributed by atoms with Crippen molar-refractivity contribution in [1.29, 1.82) is 0 Å². The van der Waals surface area contributed by atoms with Crippen LogP contribution < -0.4 is 0 Å². The highest BCUT2D eigenvalue weighted by Gasteiger charge is 1.96. The molecule has 0 aromatic rings.